The molecule has 0 aliphatic heterocycles. The van der Waals surface area contributed by atoms with Crippen molar-refractivity contribution in [2.75, 3.05) is 7.11 Å². The topological polar surface area (TPSA) is 53.4 Å². The lowest BCUT2D eigenvalue weighted by molar-refractivity contribution is -0.159. The lowest BCUT2D eigenvalue weighted by Crippen LogP contribution is -2.37. The number of carbonyl (C=O) groups excluding carboxylic acids is 1. The fraction of sp³-hybridized carbons (Fsp3) is 0.481. The van der Waals surface area contributed by atoms with Gasteiger partial charge >= 0.3 is 5.97 Å². The van der Waals surface area contributed by atoms with Crippen molar-refractivity contribution < 1.29 is 14.3 Å². The van der Waals surface area contributed by atoms with E-state index in [9.17, 15) is 4.79 Å². The molecule has 1 aliphatic carbocycles. The molecular weight excluding hydrogens is 400 g/mol. The Bertz CT molecular complexity index is 1070. The van der Waals surface area contributed by atoms with Crippen molar-refractivity contribution in [3.63, 3.8) is 0 Å². The number of hydrogen-bond acceptors (Lipinski definition) is 4. The van der Waals surface area contributed by atoms with E-state index in [2.05, 4.69) is 20.8 Å². The summed E-state index contributed by atoms with van der Waals surface area (Å²) in [6.45, 7) is 8.64. The SMILES string of the molecule is COc1ccc(-c2nc3ccccc3n2[C@H](C)C(=O)O[C@@H]2CC(C)CC[C@H]2C(C)C)cc1. The van der Waals surface area contributed by atoms with Crippen molar-refractivity contribution in [1.82, 2.24) is 9.55 Å². The van der Waals surface area contributed by atoms with E-state index in [-0.39, 0.29) is 12.1 Å². The third-order valence-electron chi connectivity index (χ3n) is 6.90. The quantitative estimate of drug-likeness (QED) is 0.429. The van der Waals surface area contributed by atoms with Gasteiger partial charge in [0, 0.05) is 5.56 Å². The third-order valence-corrected chi connectivity index (χ3v) is 6.90. The van der Waals surface area contributed by atoms with E-state index >= 15 is 0 Å². The first-order valence-electron chi connectivity index (χ1n) is 11.7. The minimum Gasteiger partial charge on any atom is -0.497 e. The van der Waals surface area contributed by atoms with E-state index in [4.69, 9.17) is 14.5 Å². The zero-order chi connectivity index (χ0) is 22.8. The molecule has 0 N–H and O–H groups in total. The summed E-state index contributed by atoms with van der Waals surface area (Å²) in [6.07, 6.45) is 3.25. The molecule has 1 saturated carbocycles. The Hall–Kier alpha value is -2.82. The average Bonchev–Trinajstić information content (AvgIpc) is 3.18. The van der Waals surface area contributed by atoms with E-state index < -0.39 is 6.04 Å². The van der Waals surface area contributed by atoms with Crippen LogP contribution in [-0.4, -0.2) is 28.7 Å². The van der Waals surface area contributed by atoms with Crippen LogP contribution in [0, 0.1) is 17.8 Å². The molecule has 170 valence electrons. The van der Waals surface area contributed by atoms with Crippen molar-refractivity contribution in [2.24, 2.45) is 17.8 Å². The van der Waals surface area contributed by atoms with Crippen LogP contribution in [-0.2, 0) is 9.53 Å². The molecule has 1 aliphatic rings. The fourth-order valence-electron chi connectivity index (χ4n) is 4.98. The van der Waals surface area contributed by atoms with E-state index in [0.29, 0.717) is 17.8 Å². The van der Waals surface area contributed by atoms with Gasteiger partial charge in [-0.25, -0.2) is 9.78 Å². The van der Waals surface area contributed by atoms with Gasteiger partial charge in [0.25, 0.3) is 0 Å². The molecule has 1 aromatic heterocycles. The zero-order valence-corrected chi connectivity index (χ0v) is 19.7. The molecule has 1 fully saturated rings. The minimum atomic E-state index is -0.482. The van der Waals surface area contributed by atoms with E-state index in [1.54, 1.807) is 7.11 Å². The van der Waals surface area contributed by atoms with Gasteiger partial charge in [-0.3, -0.25) is 0 Å². The second-order valence-corrected chi connectivity index (χ2v) is 9.50. The number of rotatable bonds is 6. The van der Waals surface area contributed by atoms with Crippen LogP contribution < -0.4 is 4.74 Å². The lowest BCUT2D eigenvalue weighted by Gasteiger charge is -2.37. The van der Waals surface area contributed by atoms with Crippen LogP contribution in [0.15, 0.2) is 48.5 Å². The van der Waals surface area contributed by atoms with Gasteiger partial charge in [0.05, 0.1) is 18.1 Å². The molecular formula is C27H34N2O3. The molecule has 4 rings (SSSR count). The number of ether oxygens (including phenoxy) is 2. The first kappa shape index (κ1) is 22.4. The Morgan fingerprint density at radius 3 is 2.47 bits per heavy atom. The Morgan fingerprint density at radius 2 is 1.78 bits per heavy atom. The highest BCUT2D eigenvalue weighted by atomic mass is 16.5. The maximum Gasteiger partial charge on any atom is 0.329 e. The summed E-state index contributed by atoms with van der Waals surface area (Å²) in [7, 11) is 1.65. The molecule has 1 unspecified atom stereocenters. The number of methoxy groups -OCH3 is 1. The normalized spacial score (nSPS) is 22.1. The van der Waals surface area contributed by atoms with Crippen molar-refractivity contribution >= 4 is 17.0 Å². The molecule has 0 amide bonds. The van der Waals surface area contributed by atoms with Gasteiger partial charge in [0.2, 0.25) is 0 Å². The van der Waals surface area contributed by atoms with E-state index in [0.717, 1.165) is 41.0 Å². The van der Waals surface area contributed by atoms with Crippen molar-refractivity contribution in [3.05, 3.63) is 48.5 Å². The second kappa shape index (κ2) is 9.35. The number of hydrogen-bond donors (Lipinski definition) is 0. The van der Waals surface area contributed by atoms with Crippen molar-refractivity contribution in [3.8, 4) is 17.1 Å². The Morgan fingerprint density at radius 1 is 1.06 bits per heavy atom. The monoisotopic (exact) mass is 434 g/mol. The number of fused-ring (bicyclic) bond motifs is 1. The number of aromatic nitrogens is 2. The molecule has 4 atom stereocenters. The van der Waals surface area contributed by atoms with Crippen molar-refractivity contribution in [1.29, 1.82) is 0 Å². The predicted octanol–water partition coefficient (Wildman–Crippen LogP) is 6.28. The van der Waals surface area contributed by atoms with Gasteiger partial charge in [-0.1, -0.05) is 39.3 Å². The molecule has 3 aromatic rings. The highest BCUT2D eigenvalue weighted by molar-refractivity contribution is 5.85. The summed E-state index contributed by atoms with van der Waals surface area (Å²) in [5.74, 6) is 2.86. The standard InChI is InChI=1S/C27H34N2O3/c1-17(2)22-15-10-18(3)16-25(22)32-27(30)19(4)29-24-9-7-6-8-23(24)28-26(29)20-11-13-21(31-5)14-12-20/h6-9,11-14,17-19,22,25H,10,15-16H2,1-5H3/t18?,19-,22+,25-/m1/s1. The Kier molecular flexibility index (Phi) is 6.54. The molecule has 1 heterocycles. The van der Waals surface area contributed by atoms with Crippen LogP contribution in [0.5, 0.6) is 5.75 Å². The minimum absolute atomic E-state index is 0.0204. The predicted molar refractivity (Wildman–Crippen MR) is 128 cm³/mol. The first-order valence-corrected chi connectivity index (χ1v) is 11.7. The summed E-state index contributed by atoms with van der Waals surface area (Å²) >= 11 is 0. The number of imidazole rings is 1. The molecule has 32 heavy (non-hydrogen) atoms. The van der Waals surface area contributed by atoms with Crippen molar-refractivity contribution in [2.45, 2.75) is 59.1 Å². The smallest absolute Gasteiger partial charge is 0.329 e. The van der Waals surface area contributed by atoms with Crippen LogP contribution in [0.2, 0.25) is 0 Å². The zero-order valence-electron chi connectivity index (χ0n) is 19.7. The lowest BCUT2D eigenvalue weighted by atomic mass is 9.75. The van der Waals surface area contributed by atoms with Crippen LogP contribution in [0.1, 0.15) is 53.0 Å². The summed E-state index contributed by atoms with van der Waals surface area (Å²) < 4.78 is 13.5. The van der Waals surface area contributed by atoms with Gasteiger partial charge in [-0.15, -0.1) is 0 Å². The number of para-hydroxylation sites is 2. The van der Waals surface area contributed by atoms with Gasteiger partial charge in [0.1, 0.15) is 23.7 Å². The molecule has 0 radical (unpaired) electrons. The molecule has 0 bridgehead atoms. The summed E-state index contributed by atoms with van der Waals surface area (Å²) in [5.41, 5.74) is 2.73. The van der Waals surface area contributed by atoms with Gasteiger partial charge in [-0.05, 0) is 73.9 Å². The largest absolute Gasteiger partial charge is 0.497 e. The third kappa shape index (κ3) is 4.38. The summed E-state index contributed by atoms with van der Waals surface area (Å²) in [6, 6.07) is 15.2. The second-order valence-electron chi connectivity index (χ2n) is 9.50. The van der Waals surface area contributed by atoms with Gasteiger partial charge < -0.3 is 14.0 Å². The number of nitrogens with zero attached hydrogens (tertiary/aromatic N) is 2. The fourth-order valence-corrected chi connectivity index (χ4v) is 4.98. The van der Waals surface area contributed by atoms with Gasteiger partial charge in [-0.2, -0.15) is 0 Å². The van der Waals surface area contributed by atoms with E-state index in [1.165, 1.54) is 6.42 Å². The maximum absolute atomic E-state index is 13.4. The number of carbonyl (C=O) groups is 1. The Balaban J connectivity index is 1.67. The van der Waals surface area contributed by atoms with Gasteiger partial charge in [0.15, 0.2) is 0 Å². The number of esters is 1. The Labute approximate surface area is 190 Å². The van der Waals surface area contributed by atoms with Crippen LogP contribution in [0.3, 0.4) is 0 Å². The van der Waals surface area contributed by atoms with Crippen LogP contribution in [0.25, 0.3) is 22.4 Å². The highest BCUT2D eigenvalue weighted by Crippen LogP contribution is 2.37. The highest BCUT2D eigenvalue weighted by Gasteiger charge is 2.35. The molecule has 5 heteroatoms. The average molecular weight is 435 g/mol. The first-order chi connectivity index (χ1) is 15.4. The van der Waals surface area contributed by atoms with Crippen LogP contribution >= 0.6 is 0 Å². The molecule has 5 nitrogen and oxygen atoms in total. The molecule has 2 aromatic carbocycles. The maximum atomic E-state index is 13.4. The number of benzene rings is 2. The van der Waals surface area contributed by atoms with Crippen LogP contribution in [0.4, 0.5) is 0 Å². The molecule has 0 saturated heterocycles. The molecule has 0 spiro atoms. The summed E-state index contributed by atoms with van der Waals surface area (Å²) in [4.78, 5) is 18.3. The van der Waals surface area contributed by atoms with E-state index in [1.807, 2.05) is 60.0 Å². The summed E-state index contributed by atoms with van der Waals surface area (Å²) in [5, 5.41) is 0.